The molecule has 0 unspecified atom stereocenters. The third-order valence-electron chi connectivity index (χ3n) is 4.45. The second kappa shape index (κ2) is 8.95. The zero-order valence-electron chi connectivity index (χ0n) is 16.0. The fraction of sp³-hybridized carbons (Fsp3) is 0.174. The van der Waals surface area contributed by atoms with E-state index in [-0.39, 0.29) is 17.5 Å². The van der Waals surface area contributed by atoms with Crippen LogP contribution in [0.1, 0.15) is 44.5 Å². The molecule has 0 spiro atoms. The van der Waals surface area contributed by atoms with Gasteiger partial charge in [0.25, 0.3) is 11.8 Å². The number of amides is 2. The first-order valence-electron chi connectivity index (χ1n) is 9.25. The van der Waals surface area contributed by atoms with Crippen molar-refractivity contribution in [3.63, 3.8) is 0 Å². The monoisotopic (exact) mass is 373 g/mol. The summed E-state index contributed by atoms with van der Waals surface area (Å²) in [7, 11) is 0. The van der Waals surface area contributed by atoms with Crippen molar-refractivity contribution >= 4 is 17.5 Å². The SMILES string of the molecule is CCc1ccc(NC(=O)c2cc(C(=O)NCc3ccc(C)cc3)ccn2)cc1. The molecule has 0 saturated heterocycles. The number of rotatable bonds is 6. The first-order chi connectivity index (χ1) is 13.5. The Morgan fingerprint density at radius 3 is 2.25 bits per heavy atom. The number of nitrogens with zero attached hydrogens (tertiary/aromatic N) is 1. The van der Waals surface area contributed by atoms with Gasteiger partial charge in [0, 0.05) is 24.0 Å². The number of nitrogens with one attached hydrogen (secondary N) is 2. The highest BCUT2D eigenvalue weighted by molar-refractivity contribution is 6.04. The number of hydrogen-bond acceptors (Lipinski definition) is 3. The highest BCUT2D eigenvalue weighted by Crippen LogP contribution is 2.12. The molecule has 142 valence electrons. The number of aromatic nitrogens is 1. The van der Waals surface area contributed by atoms with Crippen molar-refractivity contribution in [1.29, 1.82) is 0 Å². The van der Waals surface area contributed by atoms with Crippen LogP contribution in [0.3, 0.4) is 0 Å². The van der Waals surface area contributed by atoms with E-state index in [1.165, 1.54) is 23.4 Å². The topological polar surface area (TPSA) is 71.1 Å². The molecule has 5 heteroatoms. The van der Waals surface area contributed by atoms with E-state index in [4.69, 9.17) is 0 Å². The Balaban J connectivity index is 1.64. The number of benzene rings is 2. The number of anilines is 1. The van der Waals surface area contributed by atoms with Crippen molar-refractivity contribution < 1.29 is 9.59 Å². The maximum Gasteiger partial charge on any atom is 0.274 e. The fourth-order valence-corrected chi connectivity index (χ4v) is 2.71. The van der Waals surface area contributed by atoms with Crippen LogP contribution in [-0.2, 0) is 13.0 Å². The van der Waals surface area contributed by atoms with Gasteiger partial charge < -0.3 is 10.6 Å². The van der Waals surface area contributed by atoms with E-state index < -0.39 is 0 Å². The van der Waals surface area contributed by atoms with Gasteiger partial charge in [-0.2, -0.15) is 0 Å². The van der Waals surface area contributed by atoms with Crippen LogP contribution in [0.25, 0.3) is 0 Å². The average Bonchev–Trinajstić information content (AvgIpc) is 2.73. The first kappa shape index (κ1) is 19.3. The van der Waals surface area contributed by atoms with Crippen LogP contribution in [0.5, 0.6) is 0 Å². The Bertz CT molecular complexity index is 964. The third kappa shape index (κ3) is 5.04. The van der Waals surface area contributed by atoms with Crippen molar-refractivity contribution in [3.8, 4) is 0 Å². The van der Waals surface area contributed by atoms with Gasteiger partial charge in [0.05, 0.1) is 0 Å². The van der Waals surface area contributed by atoms with E-state index in [9.17, 15) is 9.59 Å². The summed E-state index contributed by atoms with van der Waals surface area (Å²) < 4.78 is 0. The van der Waals surface area contributed by atoms with E-state index in [0.29, 0.717) is 17.8 Å². The average molecular weight is 373 g/mol. The summed E-state index contributed by atoms with van der Waals surface area (Å²) in [5, 5.41) is 5.67. The minimum atomic E-state index is -0.350. The summed E-state index contributed by atoms with van der Waals surface area (Å²) in [6, 6.07) is 18.7. The van der Waals surface area contributed by atoms with Crippen molar-refractivity contribution in [3.05, 3.63) is 94.8 Å². The van der Waals surface area contributed by atoms with Crippen molar-refractivity contribution in [2.24, 2.45) is 0 Å². The van der Waals surface area contributed by atoms with Gasteiger partial charge in [0.1, 0.15) is 5.69 Å². The van der Waals surface area contributed by atoms with E-state index in [2.05, 4.69) is 22.5 Å². The smallest absolute Gasteiger partial charge is 0.274 e. The summed E-state index contributed by atoms with van der Waals surface area (Å²) in [6.45, 7) is 4.52. The second-order valence-corrected chi connectivity index (χ2v) is 6.60. The van der Waals surface area contributed by atoms with Gasteiger partial charge >= 0.3 is 0 Å². The molecule has 0 atom stereocenters. The molecule has 5 nitrogen and oxygen atoms in total. The lowest BCUT2D eigenvalue weighted by molar-refractivity contribution is 0.0951. The molecule has 2 N–H and O–H groups in total. The lowest BCUT2D eigenvalue weighted by atomic mass is 10.1. The molecule has 1 aromatic heterocycles. The van der Waals surface area contributed by atoms with Gasteiger partial charge in [0.15, 0.2) is 0 Å². The molecule has 0 aliphatic rings. The molecule has 0 aliphatic carbocycles. The van der Waals surface area contributed by atoms with Gasteiger partial charge in [-0.15, -0.1) is 0 Å². The molecule has 3 aromatic rings. The summed E-state index contributed by atoms with van der Waals surface area (Å²) in [5.41, 5.74) is 4.67. The summed E-state index contributed by atoms with van der Waals surface area (Å²) in [6.07, 6.45) is 2.41. The first-order valence-corrected chi connectivity index (χ1v) is 9.25. The Labute approximate surface area is 164 Å². The normalized spacial score (nSPS) is 10.4. The summed E-state index contributed by atoms with van der Waals surface area (Å²) >= 11 is 0. The van der Waals surface area contributed by atoms with Crippen molar-refractivity contribution in [1.82, 2.24) is 10.3 Å². The molecule has 2 aromatic carbocycles. The zero-order valence-corrected chi connectivity index (χ0v) is 16.0. The molecule has 3 rings (SSSR count). The number of pyridine rings is 1. The number of aryl methyl sites for hydroxylation is 2. The Morgan fingerprint density at radius 2 is 1.57 bits per heavy atom. The van der Waals surface area contributed by atoms with E-state index >= 15 is 0 Å². The van der Waals surface area contributed by atoms with Crippen LogP contribution in [-0.4, -0.2) is 16.8 Å². The lowest BCUT2D eigenvalue weighted by Crippen LogP contribution is -2.23. The predicted molar refractivity (Wildman–Crippen MR) is 110 cm³/mol. The Hall–Kier alpha value is -3.47. The van der Waals surface area contributed by atoms with Crippen LogP contribution >= 0.6 is 0 Å². The standard InChI is InChI=1S/C23H23N3O2/c1-3-17-8-10-20(11-9-17)26-23(28)21-14-19(12-13-24-21)22(27)25-15-18-6-4-16(2)5-7-18/h4-14H,3,15H2,1-2H3,(H,25,27)(H,26,28). The molecule has 1 heterocycles. The van der Waals surface area contributed by atoms with Crippen LogP contribution < -0.4 is 10.6 Å². The predicted octanol–water partition coefficient (Wildman–Crippen LogP) is 4.13. The third-order valence-corrected chi connectivity index (χ3v) is 4.45. The van der Waals surface area contributed by atoms with Crippen LogP contribution in [0.4, 0.5) is 5.69 Å². The van der Waals surface area contributed by atoms with Crippen LogP contribution in [0.2, 0.25) is 0 Å². The van der Waals surface area contributed by atoms with Crippen molar-refractivity contribution in [2.45, 2.75) is 26.8 Å². The van der Waals surface area contributed by atoms with Crippen molar-refractivity contribution in [2.75, 3.05) is 5.32 Å². The maximum absolute atomic E-state index is 12.4. The molecular weight excluding hydrogens is 350 g/mol. The van der Waals surface area contributed by atoms with Gasteiger partial charge in [-0.1, -0.05) is 48.9 Å². The maximum atomic E-state index is 12.4. The van der Waals surface area contributed by atoms with E-state index in [1.54, 1.807) is 6.07 Å². The second-order valence-electron chi connectivity index (χ2n) is 6.60. The van der Waals surface area contributed by atoms with Gasteiger partial charge in [-0.05, 0) is 48.7 Å². The van der Waals surface area contributed by atoms with Gasteiger partial charge in [0.2, 0.25) is 0 Å². The molecule has 0 aliphatic heterocycles. The largest absolute Gasteiger partial charge is 0.348 e. The zero-order chi connectivity index (χ0) is 19.9. The molecule has 0 fully saturated rings. The molecule has 0 saturated carbocycles. The fourth-order valence-electron chi connectivity index (χ4n) is 2.71. The quantitative estimate of drug-likeness (QED) is 0.682. The summed E-state index contributed by atoms with van der Waals surface area (Å²) in [5.74, 6) is -0.596. The highest BCUT2D eigenvalue weighted by atomic mass is 16.2. The van der Waals surface area contributed by atoms with Crippen LogP contribution in [0, 0.1) is 6.92 Å². The molecule has 0 bridgehead atoms. The molecule has 2 amide bonds. The van der Waals surface area contributed by atoms with E-state index in [1.807, 2.05) is 55.5 Å². The van der Waals surface area contributed by atoms with E-state index in [0.717, 1.165) is 12.0 Å². The minimum Gasteiger partial charge on any atom is -0.348 e. The molecule has 0 radical (unpaired) electrons. The Kier molecular flexibility index (Phi) is 6.17. The molecular formula is C23H23N3O2. The van der Waals surface area contributed by atoms with Gasteiger partial charge in [-0.25, -0.2) is 0 Å². The van der Waals surface area contributed by atoms with Crippen LogP contribution in [0.15, 0.2) is 66.9 Å². The molecule has 28 heavy (non-hydrogen) atoms. The highest BCUT2D eigenvalue weighted by Gasteiger charge is 2.12. The Morgan fingerprint density at radius 1 is 0.893 bits per heavy atom. The number of hydrogen-bond donors (Lipinski definition) is 2. The lowest BCUT2D eigenvalue weighted by Gasteiger charge is -2.08. The summed E-state index contributed by atoms with van der Waals surface area (Å²) in [4.78, 5) is 29.0. The number of carbonyl (C=O) groups excluding carboxylic acids is 2. The minimum absolute atomic E-state index is 0.197. The van der Waals surface area contributed by atoms with Gasteiger partial charge in [-0.3, -0.25) is 14.6 Å². The number of carbonyl (C=O) groups is 2.